The van der Waals surface area contributed by atoms with Gasteiger partial charge in [-0.05, 0) is 50.3 Å². The predicted molar refractivity (Wildman–Crippen MR) is 143 cm³/mol. The van der Waals surface area contributed by atoms with E-state index in [1.54, 1.807) is 13.0 Å². The van der Waals surface area contributed by atoms with Crippen molar-refractivity contribution in [3.05, 3.63) is 23.8 Å². The lowest BCUT2D eigenvalue weighted by Crippen LogP contribution is -2.36. The van der Waals surface area contributed by atoms with Gasteiger partial charge in [-0.1, -0.05) is 52.5 Å². The fraction of sp³-hybridized carbons (Fsp3) is 0.643. The summed E-state index contributed by atoms with van der Waals surface area (Å²) >= 11 is 0. The maximum Gasteiger partial charge on any atom is 0.513 e. The molecule has 2 atom stereocenters. The third-order valence-corrected chi connectivity index (χ3v) is 5.34. The first-order valence-corrected chi connectivity index (χ1v) is 13.6. The minimum absolute atomic E-state index is 0.0342. The molecule has 0 radical (unpaired) electrons. The molecule has 0 saturated carbocycles. The molecular formula is C28H43NO10. The molecule has 0 fully saturated rings. The maximum atomic E-state index is 12.4. The highest BCUT2D eigenvalue weighted by atomic mass is 16.7. The van der Waals surface area contributed by atoms with E-state index in [0.717, 1.165) is 25.7 Å². The lowest BCUT2D eigenvalue weighted by Gasteiger charge is -2.16. The highest BCUT2D eigenvalue weighted by molar-refractivity contribution is 5.76. The van der Waals surface area contributed by atoms with Crippen molar-refractivity contribution in [2.75, 3.05) is 19.8 Å². The van der Waals surface area contributed by atoms with Crippen LogP contribution in [0.1, 0.15) is 84.6 Å². The summed E-state index contributed by atoms with van der Waals surface area (Å²) in [6, 6.07) is 3.36. The Morgan fingerprint density at radius 2 is 1.38 bits per heavy atom. The van der Waals surface area contributed by atoms with Gasteiger partial charge < -0.3 is 34.2 Å². The van der Waals surface area contributed by atoms with Crippen molar-refractivity contribution in [1.82, 2.24) is 0 Å². The second kappa shape index (κ2) is 19.7. The van der Waals surface area contributed by atoms with E-state index >= 15 is 0 Å². The summed E-state index contributed by atoms with van der Waals surface area (Å²) in [4.78, 5) is 48.3. The predicted octanol–water partition coefficient (Wildman–Crippen LogP) is 5.24. The molecule has 0 spiro atoms. The molecule has 220 valence electrons. The van der Waals surface area contributed by atoms with E-state index in [2.05, 4.69) is 0 Å². The molecule has 0 heterocycles. The largest absolute Gasteiger partial charge is 0.513 e. The number of ether oxygens (including phenoxy) is 6. The van der Waals surface area contributed by atoms with E-state index in [9.17, 15) is 19.2 Å². The summed E-state index contributed by atoms with van der Waals surface area (Å²) < 4.78 is 31.0. The SMILES string of the molecule is CCCCCOC(=O)Oc1ccc(C[C@H](N)C(=O)OC[C@H](C)OC(=O)CCC)cc1OC(=O)OCCCCC. The molecule has 0 unspecified atom stereocenters. The van der Waals surface area contributed by atoms with E-state index in [1.807, 2.05) is 20.8 Å². The first-order chi connectivity index (χ1) is 18.7. The Kier molecular flexibility index (Phi) is 17.0. The summed E-state index contributed by atoms with van der Waals surface area (Å²) in [6.45, 7) is 7.79. The Balaban J connectivity index is 2.83. The topological polar surface area (TPSA) is 150 Å². The van der Waals surface area contributed by atoms with Crippen LogP contribution in [0.3, 0.4) is 0 Å². The third kappa shape index (κ3) is 15.0. The highest BCUT2D eigenvalue weighted by Crippen LogP contribution is 2.30. The van der Waals surface area contributed by atoms with Crippen LogP contribution in [0, 0.1) is 0 Å². The molecule has 1 rings (SSSR count). The van der Waals surface area contributed by atoms with Crippen molar-refractivity contribution in [3.63, 3.8) is 0 Å². The number of unbranched alkanes of at least 4 members (excludes halogenated alkanes) is 4. The molecule has 0 bridgehead atoms. The Morgan fingerprint density at radius 1 is 0.795 bits per heavy atom. The lowest BCUT2D eigenvalue weighted by atomic mass is 10.1. The van der Waals surface area contributed by atoms with Crippen molar-refractivity contribution in [2.24, 2.45) is 5.73 Å². The molecule has 1 aromatic rings. The monoisotopic (exact) mass is 553 g/mol. The summed E-state index contributed by atoms with van der Waals surface area (Å²) in [5, 5.41) is 0. The molecular weight excluding hydrogens is 510 g/mol. The van der Waals surface area contributed by atoms with Crippen LogP contribution in [-0.2, 0) is 35.0 Å². The van der Waals surface area contributed by atoms with E-state index in [0.29, 0.717) is 24.8 Å². The summed E-state index contributed by atoms with van der Waals surface area (Å²) in [7, 11) is 0. The number of rotatable bonds is 18. The Morgan fingerprint density at radius 3 is 1.95 bits per heavy atom. The Hall–Kier alpha value is -3.34. The third-order valence-electron chi connectivity index (χ3n) is 5.34. The van der Waals surface area contributed by atoms with Crippen LogP contribution in [0.2, 0.25) is 0 Å². The summed E-state index contributed by atoms with van der Waals surface area (Å²) in [5.41, 5.74) is 6.52. The van der Waals surface area contributed by atoms with Gasteiger partial charge in [-0.2, -0.15) is 0 Å². The fourth-order valence-corrected chi connectivity index (χ4v) is 3.26. The number of benzene rings is 1. The molecule has 0 amide bonds. The quantitative estimate of drug-likeness (QED) is 0.110. The molecule has 0 aliphatic carbocycles. The van der Waals surface area contributed by atoms with E-state index in [1.165, 1.54) is 12.1 Å². The van der Waals surface area contributed by atoms with Crippen LogP contribution in [0.4, 0.5) is 9.59 Å². The van der Waals surface area contributed by atoms with Crippen LogP contribution < -0.4 is 15.2 Å². The van der Waals surface area contributed by atoms with Crippen LogP contribution >= 0.6 is 0 Å². The zero-order chi connectivity index (χ0) is 29.0. The number of nitrogens with two attached hydrogens (primary N) is 1. The van der Waals surface area contributed by atoms with Gasteiger partial charge in [0, 0.05) is 6.42 Å². The van der Waals surface area contributed by atoms with E-state index < -0.39 is 30.4 Å². The summed E-state index contributed by atoms with van der Waals surface area (Å²) in [5.74, 6) is -1.20. The summed E-state index contributed by atoms with van der Waals surface area (Å²) in [6.07, 6.45) is 3.60. The van der Waals surface area contributed by atoms with Crippen LogP contribution in [-0.4, -0.2) is 56.2 Å². The normalized spacial score (nSPS) is 12.1. The number of hydrogen-bond donors (Lipinski definition) is 1. The minimum atomic E-state index is -1.05. The maximum absolute atomic E-state index is 12.4. The van der Waals surface area contributed by atoms with Crippen molar-refractivity contribution in [3.8, 4) is 11.5 Å². The fourth-order valence-electron chi connectivity index (χ4n) is 3.26. The van der Waals surface area contributed by atoms with Gasteiger partial charge in [-0.3, -0.25) is 9.59 Å². The second-order valence-corrected chi connectivity index (χ2v) is 9.09. The van der Waals surface area contributed by atoms with Gasteiger partial charge in [-0.25, -0.2) is 9.59 Å². The molecule has 1 aromatic carbocycles. The zero-order valence-corrected chi connectivity index (χ0v) is 23.5. The molecule has 0 aliphatic rings. The highest BCUT2D eigenvalue weighted by Gasteiger charge is 2.21. The van der Waals surface area contributed by atoms with E-state index in [4.69, 9.17) is 34.2 Å². The van der Waals surface area contributed by atoms with Crippen molar-refractivity contribution >= 4 is 24.2 Å². The molecule has 0 aliphatic heterocycles. The number of carbonyl (C=O) groups is 4. The molecule has 0 aromatic heterocycles. The average Bonchev–Trinajstić information content (AvgIpc) is 2.89. The smallest absolute Gasteiger partial charge is 0.461 e. The standard InChI is InChI=1S/C28H43NO10/c1-5-8-10-15-34-27(32)38-23-14-13-21(18-24(23)39-28(33)35-16-11-9-6-2)17-22(29)26(31)36-19-20(4)37-25(30)12-7-3/h13-14,18,20,22H,5-12,15-17,19,29H2,1-4H3/t20-,22-/m0/s1. The van der Waals surface area contributed by atoms with Gasteiger partial charge in [0.2, 0.25) is 0 Å². The molecule has 0 saturated heterocycles. The van der Waals surface area contributed by atoms with E-state index in [-0.39, 0.29) is 50.1 Å². The van der Waals surface area contributed by atoms with Crippen LogP contribution in [0.15, 0.2) is 18.2 Å². The molecule has 11 nitrogen and oxygen atoms in total. The first kappa shape index (κ1) is 33.7. The number of esters is 2. The van der Waals surface area contributed by atoms with Gasteiger partial charge in [0.1, 0.15) is 18.8 Å². The Labute approximate surface area is 230 Å². The van der Waals surface area contributed by atoms with Gasteiger partial charge in [0.05, 0.1) is 13.2 Å². The van der Waals surface area contributed by atoms with Gasteiger partial charge >= 0.3 is 24.2 Å². The van der Waals surface area contributed by atoms with Crippen molar-refractivity contribution in [2.45, 2.75) is 97.6 Å². The van der Waals surface area contributed by atoms with Crippen molar-refractivity contribution in [1.29, 1.82) is 0 Å². The van der Waals surface area contributed by atoms with Crippen LogP contribution in [0.5, 0.6) is 11.5 Å². The zero-order valence-electron chi connectivity index (χ0n) is 23.5. The van der Waals surface area contributed by atoms with Gasteiger partial charge in [0.25, 0.3) is 0 Å². The second-order valence-electron chi connectivity index (χ2n) is 9.09. The molecule has 39 heavy (non-hydrogen) atoms. The minimum Gasteiger partial charge on any atom is -0.461 e. The number of carbonyl (C=O) groups excluding carboxylic acids is 4. The first-order valence-electron chi connectivity index (χ1n) is 13.6. The average molecular weight is 554 g/mol. The molecule has 11 heteroatoms. The Bertz CT molecular complexity index is 904. The van der Waals surface area contributed by atoms with Crippen molar-refractivity contribution < 1.29 is 47.6 Å². The number of hydrogen-bond acceptors (Lipinski definition) is 11. The van der Waals surface area contributed by atoms with Crippen LogP contribution in [0.25, 0.3) is 0 Å². The lowest BCUT2D eigenvalue weighted by molar-refractivity contribution is -0.158. The molecule has 2 N–H and O–H groups in total. The van der Waals surface area contributed by atoms with Gasteiger partial charge in [0.15, 0.2) is 11.5 Å². The van der Waals surface area contributed by atoms with Gasteiger partial charge in [-0.15, -0.1) is 0 Å².